The van der Waals surface area contributed by atoms with Gasteiger partial charge in [-0.3, -0.25) is 10.1 Å². The molecule has 3 amide bonds. The molecule has 0 aromatic carbocycles. The Kier molecular flexibility index (Phi) is 2.93. The Bertz CT molecular complexity index is 278. The molecular weight excluding hydrogens is 192 g/mol. The second-order valence-corrected chi connectivity index (χ2v) is 4.66. The molecule has 4 heteroatoms. The molecule has 2 aliphatic rings. The molecule has 0 aromatic rings. The quantitative estimate of drug-likeness (QED) is 0.527. The smallest absolute Gasteiger partial charge is 0.312 e. The van der Waals surface area contributed by atoms with E-state index in [1.807, 2.05) is 0 Å². The van der Waals surface area contributed by atoms with E-state index >= 15 is 0 Å². The van der Waals surface area contributed by atoms with Crippen LogP contribution < -0.4 is 5.32 Å². The van der Waals surface area contributed by atoms with Gasteiger partial charge < -0.3 is 4.90 Å². The normalized spacial score (nSPS) is 32.7. The number of urea groups is 1. The topological polar surface area (TPSA) is 49.4 Å². The molecule has 1 heterocycles. The van der Waals surface area contributed by atoms with Gasteiger partial charge in [0.1, 0.15) is 6.54 Å². The third kappa shape index (κ3) is 2.13. The maximum absolute atomic E-state index is 11.5. The predicted octanol–water partition coefficient (Wildman–Crippen LogP) is 1.51. The van der Waals surface area contributed by atoms with Crippen LogP contribution in [-0.2, 0) is 4.79 Å². The molecule has 0 bridgehead atoms. The lowest BCUT2D eigenvalue weighted by atomic mass is 9.96. The fraction of sp³-hybridized carbons (Fsp3) is 0.818. The van der Waals surface area contributed by atoms with Crippen LogP contribution in [-0.4, -0.2) is 29.4 Å². The number of amides is 3. The monoisotopic (exact) mass is 210 g/mol. The van der Waals surface area contributed by atoms with E-state index in [0.29, 0.717) is 5.92 Å². The first-order valence-electron chi connectivity index (χ1n) is 5.79. The van der Waals surface area contributed by atoms with Crippen molar-refractivity contribution in [3.63, 3.8) is 0 Å². The van der Waals surface area contributed by atoms with Gasteiger partial charge >= 0.3 is 6.03 Å². The number of hydrogen-bond acceptors (Lipinski definition) is 2. The van der Waals surface area contributed by atoms with Gasteiger partial charge in [-0.2, -0.15) is 0 Å². The average molecular weight is 210 g/mol. The Morgan fingerprint density at radius 2 is 1.93 bits per heavy atom. The zero-order valence-electron chi connectivity index (χ0n) is 9.16. The van der Waals surface area contributed by atoms with Crippen LogP contribution in [0.3, 0.4) is 0 Å². The van der Waals surface area contributed by atoms with Gasteiger partial charge in [0.2, 0.25) is 5.91 Å². The number of imide groups is 1. The van der Waals surface area contributed by atoms with Crippen molar-refractivity contribution in [2.45, 2.75) is 45.1 Å². The molecule has 2 unspecified atom stereocenters. The van der Waals surface area contributed by atoms with E-state index < -0.39 is 0 Å². The van der Waals surface area contributed by atoms with Crippen LogP contribution in [0.1, 0.15) is 39.0 Å². The molecule has 0 aromatic heterocycles. The summed E-state index contributed by atoms with van der Waals surface area (Å²) >= 11 is 0. The van der Waals surface area contributed by atoms with Crippen LogP contribution in [0.15, 0.2) is 0 Å². The number of carbonyl (C=O) groups is 2. The predicted molar refractivity (Wildman–Crippen MR) is 56.3 cm³/mol. The number of carbonyl (C=O) groups excluding carboxylic acids is 2. The summed E-state index contributed by atoms with van der Waals surface area (Å²) in [5.41, 5.74) is 0. The van der Waals surface area contributed by atoms with Crippen molar-refractivity contribution < 1.29 is 9.59 Å². The molecule has 4 nitrogen and oxygen atoms in total. The van der Waals surface area contributed by atoms with E-state index in [4.69, 9.17) is 0 Å². The molecule has 15 heavy (non-hydrogen) atoms. The van der Waals surface area contributed by atoms with Gasteiger partial charge in [0.25, 0.3) is 0 Å². The minimum atomic E-state index is -0.196. The minimum absolute atomic E-state index is 0.156. The summed E-state index contributed by atoms with van der Waals surface area (Å²) in [6.07, 6.45) is 5.89. The molecule has 2 atom stereocenters. The Hall–Kier alpha value is -1.06. The highest BCUT2D eigenvalue weighted by Gasteiger charge is 2.35. The number of hydrogen-bond donors (Lipinski definition) is 1. The van der Waals surface area contributed by atoms with Crippen LogP contribution in [0.2, 0.25) is 0 Å². The fourth-order valence-corrected chi connectivity index (χ4v) is 2.66. The van der Waals surface area contributed by atoms with Crippen molar-refractivity contribution in [2.75, 3.05) is 6.54 Å². The van der Waals surface area contributed by atoms with Crippen LogP contribution in [0.25, 0.3) is 0 Å². The molecule has 2 rings (SSSR count). The standard InChI is InChI=1S/C11H18N2O2/c1-8-5-3-2-4-6-9(8)13-7-10(14)12-11(13)15/h8-9H,2-7H2,1H3,(H,12,14,15). The molecule has 1 N–H and O–H groups in total. The van der Waals surface area contributed by atoms with Gasteiger partial charge in [-0.25, -0.2) is 4.79 Å². The summed E-state index contributed by atoms with van der Waals surface area (Å²) in [5.74, 6) is 0.362. The SMILES string of the molecule is CC1CCCCCC1N1CC(=O)NC1=O. The molecule has 1 saturated heterocycles. The largest absolute Gasteiger partial charge is 0.324 e. The zero-order chi connectivity index (χ0) is 10.8. The van der Waals surface area contributed by atoms with Crippen LogP contribution >= 0.6 is 0 Å². The highest BCUT2D eigenvalue weighted by Crippen LogP contribution is 2.27. The Balaban J connectivity index is 2.07. The van der Waals surface area contributed by atoms with Crippen molar-refractivity contribution >= 4 is 11.9 Å². The fourth-order valence-electron chi connectivity index (χ4n) is 2.66. The van der Waals surface area contributed by atoms with E-state index in [-0.39, 0.29) is 24.5 Å². The minimum Gasteiger partial charge on any atom is -0.312 e. The van der Waals surface area contributed by atoms with Crippen molar-refractivity contribution in [2.24, 2.45) is 5.92 Å². The summed E-state index contributed by atoms with van der Waals surface area (Å²) in [6.45, 7) is 2.44. The lowest BCUT2D eigenvalue weighted by Crippen LogP contribution is -2.41. The highest BCUT2D eigenvalue weighted by atomic mass is 16.2. The van der Waals surface area contributed by atoms with Crippen LogP contribution in [0.5, 0.6) is 0 Å². The van der Waals surface area contributed by atoms with E-state index in [1.165, 1.54) is 25.7 Å². The van der Waals surface area contributed by atoms with Crippen molar-refractivity contribution in [3.05, 3.63) is 0 Å². The van der Waals surface area contributed by atoms with Gasteiger partial charge in [-0.05, 0) is 18.8 Å². The maximum Gasteiger partial charge on any atom is 0.324 e. The molecular formula is C11H18N2O2. The van der Waals surface area contributed by atoms with Crippen molar-refractivity contribution in [3.8, 4) is 0 Å². The third-order valence-corrected chi connectivity index (χ3v) is 3.54. The average Bonchev–Trinajstić information content (AvgIpc) is 2.39. The first-order chi connectivity index (χ1) is 7.18. The Morgan fingerprint density at radius 1 is 1.20 bits per heavy atom. The number of nitrogens with one attached hydrogen (secondary N) is 1. The van der Waals surface area contributed by atoms with E-state index in [9.17, 15) is 9.59 Å². The third-order valence-electron chi connectivity index (χ3n) is 3.54. The van der Waals surface area contributed by atoms with Crippen LogP contribution in [0, 0.1) is 5.92 Å². The number of nitrogens with zero attached hydrogens (tertiary/aromatic N) is 1. The maximum atomic E-state index is 11.5. The summed E-state index contributed by atoms with van der Waals surface area (Å²) in [6, 6.07) is 0.0673. The van der Waals surface area contributed by atoms with Crippen LogP contribution in [0.4, 0.5) is 4.79 Å². The lowest BCUT2D eigenvalue weighted by Gasteiger charge is -2.29. The highest BCUT2D eigenvalue weighted by molar-refractivity contribution is 6.02. The molecule has 1 saturated carbocycles. The number of rotatable bonds is 1. The van der Waals surface area contributed by atoms with Gasteiger partial charge in [-0.15, -0.1) is 0 Å². The molecule has 84 valence electrons. The second kappa shape index (κ2) is 4.21. The van der Waals surface area contributed by atoms with E-state index in [1.54, 1.807) is 4.90 Å². The molecule has 0 radical (unpaired) electrons. The Labute approximate surface area is 90.0 Å². The van der Waals surface area contributed by atoms with Gasteiger partial charge in [0, 0.05) is 6.04 Å². The molecule has 0 spiro atoms. The van der Waals surface area contributed by atoms with Gasteiger partial charge in [0.05, 0.1) is 0 Å². The summed E-state index contributed by atoms with van der Waals surface area (Å²) in [4.78, 5) is 24.4. The van der Waals surface area contributed by atoms with Crippen molar-refractivity contribution in [1.29, 1.82) is 0 Å². The molecule has 1 aliphatic heterocycles. The van der Waals surface area contributed by atoms with Gasteiger partial charge in [0.15, 0.2) is 0 Å². The first kappa shape index (κ1) is 10.5. The Morgan fingerprint density at radius 3 is 2.60 bits per heavy atom. The van der Waals surface area contributed by atoms with E-state index in [0.717, 1.165) is 6.42 Å². The first-order valence-corrected chi connectivity index (χ1v) is 5.79. The lowest BCUT2D eigenvalue weighted by molar-refractivity contribution is -0.118. The van der Waals surface area contributed by atoms with E-state index in [2.05, 4.69) is 12.2 Å². The summed E-state index contributed by atoms with van der Waals surface area (Å²) < 4.78 is 0. The molecule has 1 aliphatic carbocycles. The zero-order valence-corrected chi connectivity index (χ0v) is 9.16. The van der Waals surface area contributed by atoms with Gasteiger partial charge in [-0.1, -0.05) is 26.2 Å². The second-order valence-electron chi connectivity index (χ2n) is 4.66. The summed E-state index contributed by atoms with van der Waals surface area (Å²) in [5, 5.41) is 2.35. The summed E-state index contributed by atoms with van der Waals surface area (Å²) in [7, 11) is 0. The molecule has 2 fully saturated rings. The van der Waals surface area contributed by atoms with Crippen molar-refractivity contribution in [1.82, 2.24) is 10.2 Å².